The molecule has 0 aliphatic carbocycles. The van der Waals surface area contributed by atoms with Crippen molar-refractivity contribution in [2.24, 2.45) is 0 Å². The van der Waals surface area contributed by atoms with Gasteiger partial charge in [0, 0.05) is 17.1 Å². The molecular weight excluding hydrogens is 639 g/mol. The summed E-state index contributed by atoms with van der Waals surface area (Å²) in [4.78, 5) is 2.34. The number of hydrogen-bond acceptors (Lipinski definition) is 1. The van der Waals surface area contributed by atoms with Gasteiger partial charge < -0.3 is 4.90 Å². The smallest absolute Gasteiger partial charge is 0.0462 e. The highest BCUT2D eigenvalue weighted by Crippen LogP contribution is 2.47. The summed E-state index contributed by atoms with van der Waals surface area (Å²) in [6.07, 6.45) is 0. The maximum atomic E-state index is 2.37. The molecule has 0 amide bonds. The summed E-state index contributed by atoms with van der Waals surface area (Å²) in [7, 11) is 0. The normalized spacial score (nSPS) is 11.2. The van der Waals surface area contributed by atoms with Crippen LogP contribution in [-0.4, -0.2) is 0 Å². The molecule has 0 unspecified atom stereocenters. The number of fused-ring (bicyclic) bond motifs is 2. The average molecular weight is 678 g/mol. The lowest BCUT2D eigenvalue weighted by Gasteiger charge is -2.26. The Bertz CT molecular complexity index is 2590. The Morgan fingerprint density at radius 2 is 0.679 bits per heavy atom. The summed E-state index contributed by atoms with van der Waals surface area (Å²) in [6.45, 7) is 4.27. The molecule has 1 heteroatoms. The summed E-state index contributed by atoms with van der Waals surface area (Å²) in [5, 5.41) is 4.98. The van der Waals surface area contributed by atoms with Crippen molar-refractivity contribution in [3.63, 3.8) is 0 Å². The van der Waals surface area contributed by atoms with Gasteiger partial charge in [0.2, 0.25) is 0 Å². The Kier molecular flexibility index (Phi) is 8.38. The van der Waals surface area contributed by atoms with Crippen LogP contribution in [0.25, 0.3) is 66.1 Å². The van der Waals surface area contributed by atoms with Gasteiger partial charge in [0.15, 0.2) is 0 Å². The predicted octanol–water partition coefficient (Wildman–Crippen LogP) is 14.7. The number of rotatable bonds is 7. The zero-order valence-electron chi connectivity index (χ0n) is 30.0. The second-order valence-corrected chi connectivity index (χ2v) is 13.9. The fourth-order valence-electron chi connectivity index (χ4n) is 7.77. The van der Waals surface area contributed by atoms with Gasteiger partial charge in [0.05, 0.1) is 0 Å². The SMILES string of the molecule is Cc1ccc(N(c2ccc(C)cc2)c2ccc(-c3c4ccccc4c(-c4ccc(-c5ccccc5)cc4-c4ccccc4)c4ccccc34)cc2)cc1. The van der Waals surface area contributed by atoms with Crippen molar-refractivity contribution < 1.29 is 0 Å². The van der Waals surface area contributed by atoms with Gasteiger partial charge in [-0.3, -0.25) is 0 Å². The van der Waals surface area contributed by atoms with Gasteiger partial charge in [0.1, 0.15) is 0 Å². The molecule has 0 saturated heterocycles. The number of anilines is 3. The Labute approximate surface area is 312 Å². The van der Waals surface area contributed by atoms with Gasteiger partial charge in [-0.25, -0.2) is 0 Å². The monoisotopic (exact) mass is 677 g/mol. The molecule has 0 radical (unpaired) electrons. The standard InChI is InChI=1S/C52H39N/c1-36-21-28-42(29-22-36)53(43-30-23-37(2)24-31-43)44-32-25-40(26-33-44)51-45-17-9-11-19-47(45)52(48-20-12-10-18-46(48)51)49-34-27-41(38-13-5-3-6-14-38)35-50(49)39-15-7-4-8-16-39/h3-35H,1-2H3. The fraction of sp³-hybridized carbons (Fsp3) is 0.0385. The number of nitrogens with zero attached hydrogens (tertiary/aromatic N) is 1. The highest BCUT2D eigenvalue weighted by molar-refractivity contribution is 6.22. The molecule has 9 aromatic carbocycles. The number of aryl methyl sites for hydroxylation is 2. The van der Waals surface area contributed by atoms with E-state index in [9.17, 15) is 0 Å². The van der Waals surface area contributed by atoms with Gasteiger partial charge in [-0.1, -0.05) is 169 Å². The van der Waals surface area contributed by atoms with Crippen molar-refractivity contribution >= 4 is 38.6 Å². The van der Waals surface area contributed by atoms with Crippen LogP contribution in [0.5, 0.6) is 0 Å². The summed E-state index contributed by atoms with van der Waals surface area (Å²) in [6, 6.07) is 73.0. The van der Waals surface area contributed by atoms with Crippen molar-refractivity contribution in [1.82, 2.24) is 0 Å². The zero-order chi connectivity index (χ0) is 35.7. The van der Waals surface area contributed by atoms with E-state index in [1.807, 2.05) is 0 Å². The molecule has 1 nitrogen and oxygen atoms in total. The van der Waals surface area contributed by atoms with Crippen LogP contribution >= 0.6 is 0 Å². The Balaban J connectivity index is 1.24. The summed E-state index contributed by atoms with van der Waals surface area (Å²) in [5.74, 6) is 0. The van der Waals surface area contributed by atoms with E-state index in [4.69, 9.17) is 0 Å². The minimum atomic E-state index is 1.12. The van der Waals surface area contributed by atoms with Crippen LogP contribution in [0.15, 0.2) is 200 Å². The molecule has 252 valence electrons. The maximum Gasteiger partial charge on any atom is 0.0462 e. The van der Waals surface area contributed by atoms with Crippen molar-refractivity contribution in [2.45, 2.75) is 13.8 Å². The van der Waals surface area contributed by atoms with Crippen LogP contribution < -0.4 is 4.90 Å². The molecule has 0 fully saturated rings. The van der Waals surface area contributed by atoms with Crippen LogP contribution in [0, 0.1) is 13.8 Å². The lowest BCUT2D eigenvalue weighted by Crippen LogP contribution is -2.09. The Hall–Kier alpha value is -6.70. The first-order valence-corrected chi connectivity index (χ1v) is 18.3. The third kappa shape index (κ3) is 6.07. The van der Waals surface area contributed by atoms with E-state index in [1.54, 1.807) is 0 Å². The van der Waals surface area contributed by atoms with Gasteiger partial charge in [-0.05, 0) is 122 Å². The van der Waals surface area contributed by atoms with Crippen LogP contribution in [0.4, 0.5) is 17.1 Å². The molecular formula is C52H39N. The van der Waals surface area contributed by atoms with Gasteiger partial charge in [-0.2, -0.15) is 0 Å². The molecule has 0 spiro atoms. The maximum absolute atomic E-state index is 2.37. The van der Waals surface area contributed by atoms with E-state index in [-0.39, 0.29) is 0 Å². The highest BCUT2D eigenvalue weighted by atomic mass is 15.1. The quantitative estimate of drug-likeness (QED) is 0.152. The second-order valence-electron chi connectivity index (χ2n) is 13.9. The lowest BCUT2D eigenvalue weighted by molar-refractivity contribution is 1.27. The average Bonchev–Trinajstić information content (AvgIpc) is 3.22. The number of hydrogen-bond donors (Lipinski definition) is 0. The number of benzene rings is 9. The Morgan fingerprint density at radius 1 is 0.283 bits per heavy atom. The molecule has 0 aliphatic rings. The van der Waals surface area contributed by atoms with E-state index >= 15 is 0 Å². The molecule has 0 N–H and O–H groups in total. The topological polar surface area (TPSA) is 3.24 Å². The minimum absolute atomic E-state index is 1.12. The molecule has 53 heavy (non-hydrogen) atoms. The van der Waals surface area contributed by atoms with Gasteiger partial charge in [0.25, 0.3) is 0 Å². The highest BCUT2D eigenvalue weighted by Gasteiger charge is 2.20. The van der Waals surface area contributed by atoms with E-state index in [0.717, 1.165) is 17.1 Å². The molecule has 0 aliphatic heterocycles. The largest absolute Gasteiger partial charge is 0.311 e. The fourth-order valence-corrected chi connectivity index (χ4v) is 7.77. The minimum Gasteiger partial charge on any atom is -0.311 e. The summed E-state index contributed by atoms with van der Waals surface area (Å²) < 4.78 is 0. The molecule has 0 aromatic heterocycles. The van der Waals surface area contributed by atoms with Crippen LogP contribution in [0.1, 0.15) is 11.1 Å². The van der Waals surface area contributed by atoms with E-state index < -0.39 is 0 Å². The molecule has 9 rings (SSSR count). The van der Waals surface area contributed by atoms with Crippen molar-refractivity contribution in [2.75, 3.05) is 4.90 Å². The molecule has 0 saturated carbocycles. The second kappa shape index (κ2) is 13.8. The molecule has 0 atom stereocenters. The van der Waals surface area contributed by atoms with Crippen LogP contribution in [-0.2, 0) is 0 Å². The first-order chi connectivity index (χ1) is 26.1. The Morgan fingerprint density at radius 3 is 1.17 bits per heavy atom. The lowest BCUT2D eigenvalue weighted by atomic mass is 9.83. The van der Waals surface area contributed by atoms with E-state index in [1.165, 1.54) is 77.2 Å². The first-order valence-electron chi connectivity index (χ1n) is 18.3. The van der Waals surface area contributed by atoms with E-state index in [0.29, 0.717) is 0 Å². The van der Waals surface area contributed by atoms with Gasteiger partial charge in [-0.15, -0.1) is 0 Å². The van der Waals surface area contributed by atoms with Gasteiger partial charge >= 0.3 is 0 Å². The zero-order valence-corrected chi connectivity index (χ0v) is 30.0. The van der Waals surface area contributed by atoms with Crippen molar-refractivity contribution in [3.05, 3.63) is 211 Å². The summed E-state index contributed by atoms with van der Waals surface area (Å²) >= 11 is 0. The molecule has 0 bridgehead atoms. The van der Waals surface area contributed by atoms with Crippen LogP contribution in [0.3, 0.4) is 0 Å². The third-order valence-corrected chi connectivity index (χ3v) is 10.4. The van der Waals surface area contributed by atoms with E-state index in [2.05, 4.69) is 219 Å². The summed E-state index contributed by atoms with van der Waals surface area (Å²) in [5.41, 5.74) is 15.7. The van der Waals surface area contributed by atoms with Crippen molar-refractivity contribution in [1.29, 1.82) is 0 Å². The molecule has 0 heterocycles. The van der Waals surface area contributed by atoms with Crippen molar-refractivity contribution in [3.8, 4) is 44.5 Å². The predicted molar refractivity (Wildman–Crippen MR) is 227 cm³/mol. The third-order valence-electron chi connectivity index (χ3n) is 10.4. The molecule has 9 aromatic rings. The first kappa shape index (κ1) is 32.2. The van der Waals surface area contributed by atoms with Crippen LogP contribution in [0.2, 0.25) is 0 Å².